The van der Waals surface area contributed by atoms with E-state index in [1.54, 1.807) is 19.1 Å². The summed E-state index contributed by atoms with van der Waals surface area (Å²) in [4.78, 5) is 38.3. The van der Waals surface area contributed by atoms with Crippen molar-refractivity contribution in [1.82, 2.24) is 14.5 Å². The number of carbonyl (C=O) groups excluding carboxylic acids is 1. The lowest BCUT2D eigenvalue weighted by Crippen LogP contribution is -2.42. The van der Waals surface area contributed by atoms with Gasteiger partial charge in [-0.2, -0.15) is 0 Å². The van der Waals surface area contributed by atoms with Crippen LogP contribution in [0.3, 0.4) is 0 Å². The lowest BCUT2D eigenvalue weighted by atomic mass is 10.1. The van der Waals surface area contributed by atoms with Crippen molar-refractivity contribution in [3.63, 3.8) is 0 Å². The van der Waals surface area contributed by atoms with Gasteiger partial charge in [-0.25, -0.2) is 4.79 Å². The molecule has 0 radical (unpaired) electrons. The summed E-state index contributed by atoms with van der Waals surface area (Å²) in [6, 6.07) is 7.67. The molecule has 2 N–H and O–H groups in total. The van der Waals surface area contributed by atoms with Gasteiger partial charge in [0.2, 0.25) is 5.91 Å². The lowest BCUT2D eigenvalue weighted by molar-refractivity contribution is -0.119. The number of carbonyl (C=O) groups is 1. The summed E-state index contributed by atoms with van der Waals surface area (Å²) >= 11 is 0. The largest absolute Gasteiger partial charge is 0.497 e. The van der Waals surface area contributed by atoms with Gasteiger partial charge in [0, 0.05) is 20.6 Å². The minimum atomic E-state index is -0.415. The molecule has 1 aromatic carbocycles. The average molecular weight is 373 g/mol. The smallest absolute Gasteiger partial charge is 0.332 e. The predicted octanol–water partition coefficient (Wildman–Crippen LogP) is -0.359. The first kappa shape index (κ1) is 18.6. The molecule has 0 spiro atoms. The van der Waals surface area contributed by atoms with Gasteiger partial charge in [0.25, 0.3) is 5.56 Å². The molecule has 3 rings (SSSR count). The van der Waals surface area contributed by atoms with Crippen molar-refractivity contribution >= 4 is 17.4 Å². The van der Waals surface area contributed by atoms with Crippen molar-refractivity contribution < 1.29 is 9.53 Å². The van der Waals surface area contributed by atoms with Crippen molar-refractivity contribution in [2.24, 2.45) is 14.1 Å². The van der Waals surface area contributed by atoms with Gasteiger partial charge in [0.15, 0.2) is 0 Å². The number of hydrogen-bond acceptors (Lipinski definition) is 6. The van der Waals surface area contributed by atoms with Crippen LogP contribution >= 0.6 is 0 Å². The fourth-order valence-electron chi connectivity index (χ4n) is 3.10. The normalized spacial score (nSPS) is 12.5. The SMILES string of the molecule is COc1cccc(CCNC(=O)CN2CNc3c2c(=O)n(C)c(=O)n3C)c1. The van der Waals surface area contributed by atoms with E-state index in [-0.39, 0.29) is 12.5 Å². The van der Waals surface area contributed by atoms with Crippen LogP contribution in [0.5, 0.6) is 5.75 Å². The number of ether oxygens (including phenoxy) is 1. The highest BCUT2D eigenvalue weighted by Crippen LogP contribution is 2.24. The summed E-state index contributed by atoms with van der Waals surface area (Å²) in [6.45, 7) is 0.808. The Labute approximate surface area is 156 Å². The minimum absolute atomic E-state index is 0.0333. The lowest BCUT2D eigenvalue weighted by Gasteiger charge is -2.17. The average Bonchev–Trinajstić information content (AvgIpc) is 3.08. The van der Waals surface area contributed by atoms with Crippen LogP contribution in [-0.2, 0) is 25.3 Å². The van der Waals surface area contributed by atoms with Gasteiger partial charge in [0.1, 0.15) is 17.3 Å². The third kappa shape index (κ3) is 3.67. The van der Waals surface area contributed by atoms with Crippen LogP contribution in [0.2, 0.25) is 0 Å². The first-order chi connectivity index (χ1) is 12.9. The van der Waals surface area contributed by atoms with Crippen molar-refractivity contribution in [1.29, 1.82) is 0 Å². The summed E-state index contributed by atoms with van der Waals surface area (Å²) in [5.74, 6) is 1.02. The molecule has 144 valence electrons. The van der Waals surface area contributed by atoms with E-state index in [9.17, 15) is 14.4 Å². The van der Waals surface area contributed by atoms with Gasteiger partial charge in [-0.15, -0.1) is 0 Å². The van der Waals surface area contributed by atoms with Crippen LogP contribution < -0.4 is 31.5 Å². The fourth-order valence-corrected chi connectivity index (χ4v) is 3.10. The molecule has 2 aromatic rings. The highest BCUT2D eigenvalue weighted by atomic mass is 16.5. The monoisotopic (exact) mass is 373 g/mol. The summed E-state index contributed by atoms with van der Waals surface area (Å²) in [5, 5.41) is 5.87. The molecule has 1 aliphatic heterocycles. The first-order valence-electron chi connectivity index (χ1n) is 8.61. The van der Waals surface area contributed by atoms with Gasteiger partial charge >= 0.3 is 5.69 Å². The van der Waals surface area contributed by atoms with E-state index in [0.717, 1.165) is 15.9 Å². The van der Waals surface area contributed by atoms with Gasteiger partial charge in [-0.05, 0) is 24.1 Å². The van der Waals surface area contributed by atoms with Crippen LogP contribution in [0.15, 0.2) is 33.9 Å². The summed E-state index contributed by atoms with van der Waals surface area (Å²) < 4.78 is 7.60. The Morgan fingerprint density at radius 1 is 1.26 bits per heavy atom. The van der Waals surface area contributed by atoms with Crippen molar-refractivity contribution in [3.05, 3.63) is 50.7 Å². The van der Waals surface area contributed by atoms with E-state index < -0.39 is 11.2 Å². The van der Waals surface area contributed by atoms with Crippen LogP contribution in [0.1, 0.15) is 5.56 Å². The fraction of sp³-hybridized carbons (Fsp3) is 0.389. The number of amides is 1. The van der Waals surface area contributed by atoms with Gasteiger partial charge in [0.05, 0.1) is 20.3 Å². The molecule has 0 atom stereocenters. The molecular weight excluding hydrogens is 350 g/mol. The number of rotatable bonds is 6. The number of benzene rings is 1. The quantitative estimate of drug-likeness (QED) is 0.718. The van der Waals surface area contributed by atoms with Crippen LogP contribution in [-0.4, -0.2) is 41.9 Å². The summed E-state index contributed by atoms with van der Waals surface area (Å²) in [6.07, 6.45) is 0.675. The Bertz CT molecular complexity index is 979. The maximum Gasteiger partial charge on any atom is 0.332 e. The van der Waals surface area contributed by atoms with Crippen molar-refractivity contribution in [2.75, 3.05) is 37.1 Å². The first-order valence-corrected chi connectivity index (χ1v) is 8.61. The van der Waals surface area contributed by atoms with Crippen molar-refractivity contribution in [3.8, 4) is 5.75 Å². The zero-order chi connectivity index (χ0) is 19.6. The molecule has 0 saturated heterocycles. The second kappa shape index (κ2) is 7.56. The Balaban J connectivity index is 1.62. The Kier molecular flexibility index (Phi) is 5.20. The van der Waals surface area contributed by atoms with E-state index in [2.05, 4.69) is 10.6 Å². The van der Waals surface area contributed by atoms with E-state index in [4.69, 9.17) is 4.74 Å². The molecule has 9 heteroatoms. The van der Waals surface area contributed by atoms with Gasteiger partial charge < -0.3 is 20.3 Å². The van der Waals surface area contributed by atoms with Crippen LogP contribution in [0.4, 0.5) is 11.5 Å². The number of anilines is 2. The Morgan fingerprint density at radius 3 is 2.78 bits per heavy atom. The maximum atomic E-state index is 12.4. The number of hydrogen-bond donors (Lipinski definition) is 2. The third-order valence-electron chi connectivity index (χ3n) is 4.60. The number of fused-ring (bicyclic) bond motifs is 1. The molecule has 27 heavy (non-hydrogen) atoms. The Morgan fingerprint density at radius 2 is 2.04 bits per heavy atom. The van der Waals surface area contributed by atoms with Crippen LogP contribution in [0, 0.1) is 0 Å². The predicted molar refractivity (Wildman–Crippen MR) is 102 cm³/mol. The van der Waals surface area contributed by atoms with Crippen molar-refractivity contribution in [2.45, 2.75) is 6.42 Å². The van der Waals surface area contributed by atoms with Gasteiger partial charge in [-0.3, -0.25) is 18.7 Å². The second-order valence-electron chi connectivity index (χ2n) is 6.39. The minimum Gasteiger partial charge on any atom is -0.497 e. The molecule has 0 bridgehead atoms. The Hall–Kier alpha value is -3.23. The molecule has 1 amide bonds. The standard InChI is InChI=1S/C18H23N5O4/c1-21-16-15(17(25)22(2)18(21)26)23(11-20-16)10-14(24)19-8-7-12-5-4-6-13(9-12)27-3/h4-6,9,20H,7-8,10-11H2,1-3H3,(H,19,24). The number of nitrogens with zero attached hydrogens (tertiary/aromatic N) is 3. The molecule has 1 aromatic heterocycles. The molecule has 1 aliphatic rings. The molecule has 9 nitrogen and oxygen atoms in total. The highest BCUT2D eigenvalue weighted by molar-refractivity contribution is 5.84. The van der Waals surface area contributed by atoms with E-state index >= 15 is 0 Å². The zero-order valence-electron chi connectivity index (χ0n) is 15.6. The topological polar surface area (TPSA) is 97.6 Å². The molecule has 0 saturated carbocycles. The van der Waals surface area contributed by atoms with E-state index in [1.165, 1.54) is 11.6 Å². The number of nitrogens with one attached hydrogen (secondary N) is 2. The number of aromatic nitrogens is 2. The number of methoxy groups -OCH3 is 1. The zero-order valence-corrected chi connectivity index (χ0v) is 15.6. The molecule has 0 fully saturated rings. The summed E-state index contributed by atoms with van der Waals surface area (Å²) in [5.41, 5.74) is 0.576. The second-order valence-corrected chi connectivity index (χ2v) is 6.39. The summed E-state index contributed by atoms with van der Waals surface area (Å²) in [7, 11) is 4.63. The highest BCUT2D eigenvalue weighted by Gasteiger charge is 2.27. The van der Waals surface area contributed by atoms with Crippen LogP contribution in [0.25, 0.3) is 0 Å². The van der Waals surface area contributed by atoms with E-state index in [0.29, 0.717) is 31.1 Å². The molecule has 0 unspecified atom stereocenters. The molecule has 2 heterocycles. The molecule has 0 aliphatic carbocycles. The maximum absolute atomic E-state index is 12.4. The van der Waals surface area contributed by atoms with Gasteiger partial charge in [-0.1, -0.05) is 12.1 Å². The third-order valence-corrected chi connectivity index (χ3v) is 4.60. The van der Waals surface area contributed by atoms with E-state index in [1.807, 2.05) is 24.3 Å². The molecular formula is C18H23N5O4.